The number of aromatic nitrogens is 2. The van der Waals surface area contributed by atoms with Crippen LogP contribution in [0, 0.1) is 0 Å². The molecule has 42 heavy (non-hydrogen) atoms. The number of hydrogen-bond acceptors (Lipinski definition) is 2. The van der Waals surface area contributed by atoms with E-state index in [1.54, 1.807) is 0 Å². The molecule has 0 aliphatic heterocycles. The maximum atomic E-state index is 4.96. The molecule has 6 aromatic carbocycles. The first-order valence-corrected chi connectivity index (χ1v) is 14.0. The minimum Gasteiger partial charge on any atom is -0.256 e. The molecule has 0 aliphatic carbocycles. The van der Waals surface area contributed by atoms with Crippen LogP contribution in [-0.2, 0) is 27.5 Å². The fourth-order valence-electron chi connectivity index (χ4n) is 6.34. The topological polar surface area (TPSA) is 25.8 Å². The Hall–Kier alpha value is -4.65. The number of nitrogens with zero attached hydrogens (tertiary/aromatic N) is 2. The van der Waals surface area contributed by atoms with E-state index in [1.807, 2.05) is 12.4 Å². The Morgan fingerprint density at radius 1 is 0.357 bits per heavy atom. The maximum absolute atomic E-state index is 4.96. The van der Waals surface area contributed by atoms with Gasteiger partial charge in [0.2, 0.25) is 0 Å². The van der Waals surface area contributed by atoms with Gasteiger partial charge in [-0.2, -0.15) is 0 Å². The quantitative estimate of drug-likeness (QED) is 0.181. The van der Waals surface area contributed by atoms with Crippen LogP contribution in [0.5, 0.6) is 0 Å². The normalized spacial score (nSPS) is 11.2. The van der Waals surface area contributed by atoms with E-state index >= 15 is 0 Å². The molecule has 0 fully saturated rings. The fraction of sp³-hybridized carbons (Fsp3) is 0.0256. The fourth-order valence-corrected chi connectivity index (χ4v) is 6.34. The van der Waals surface area contributed by atoms with Crippen molar-refractivity contribution in [2.75, 3.05) is 0 Å². The van der Waals surface area contributed by atoms with Gasteiger partial charge >= 0.3 is 21.1 Å². The standard InChI is InChI=1S/C39H26N2.Pt/c1-5-13-30-26(9-1)17-19-34(38-32-15-7-3-11-28(32)21-23-40-38)36(30)25-37-31-14-6-2-10-27(31)18-20-35(37)39-33-16-8-4-12-29(33)22-24-41-39;/h1-24H,25H2;/q;+2. The van der Waals surface area contributed by atoms with Crippen molar-refractivity contribution >= 4 is 43.1 Å². The number of benzene rings is 6. The molecule has 2 heterocycles. The molecule has 0 atom stereocenters. The molecule has 3 heteroatoms. The molecule has 0 aliphatic rings. The summed E-state index contributed by atoms with van der Waals surface area (Å²) in [5.41, 5.74) is 6.95. The van der Waals surface area contributed by atoms with Gasteiger partial charge in [-0.1, -0.05) is 121 Å². The van der Waals surface area contributed by atoms with Crippen LogP contribution in [0.4, 0.5) is 0 Å². The zero-order valence-corrected chi connectivity index (χ0v) is 25.0. The third-order valence-corrected chi connectivity index (χ3v) is 8.29. The van der Waals surface area contributed by atoms with Crippen molar-refractivity contribution in [3.05, 3.63) is 157 Å². The molecule has 0 N–H and O–H groups in total. The molecule has 0 amide bonds. The number of pyridine rings is 2. The van der Waals surface area contributed by atoms with E-state index < -0.39 is 0 Å². The van der Waals surface area contributed by atoms with Crippen LogP contribution >= 0.6 is 0 Å². The molecule has 0 saturated carbocycles. The predicted octanol–water partition coefficient (Wildman–Crippen LogP) is 10.0. The first-order chi connectivity index (χ1) is 20.3. The van der Waals surface area contributed by atoms with E-state index in [4.69, 9.17) is 9.97 Å². The summed E-state index contributed by atoms with van der Waals surface area (Å²) < 4.78 is 0. The average molecular weight is 718 g/mol. The molecule has 2 aromatic heterocycles. The van der Waals surface area contributed by atoms with Crippen molar-refractivity contribution in [3.63, 3.8) is 0 Å². The van der Waals surface area contributed by atoms with E-state index in [1.165, 1.54) is 65.3 Å². The summed E-state index contributed by atoms with van der Waals surface area (Å²) >= 11 is 0. The van der Waals surface area contributed by atoms with E-state index in [0.717, 1.165) is 17.8 Å². The van der Waals surface area contributed by atoms with Gasteiger partial charge in [0.05, 0.1) is 11.4 Å². The summed E-state index contributed by atoms with van der Waals surface area (Å²) in [4.78, 5) is 9.92. The predicted molar refractivity (Wildman–Crippen MR) is 172 cm³/mol. The maximum Gasteiger partial charge on any atom is 2.00 e. The van der Waals surface area contributed by atoms with Crippen LogP contribution < -0.4 is 0 Å². The summed E-state index contributed by atoms with van der Waals surface area (Å²) in [5.74, 6) is 0. The van der Waals surface area contributed by atoms with Crippen molar-refractivity contribution in [2.45, 2.75) is 6.42 Å². The minimum atomic E-state index is 0. The molecule has 0 bridgehead atoms. The zero-order chi connectivity index (χ0) is 27.2. The Bertz CT molecular complexity index is 2080. The smallest absolute Gasteiger partial charge is 0.256 e. The van der Waals surface area contributed by atoms with Crippen LogP contribution in [-0.4, -0.2) is 9.97 Å². The van der Waals surface area contributed by atoms with Gasteiger partial charge < -0.3 is 0 Å². The minimum absolute atomic E-state index is 0. The molecule has 8 rings (SSSR count). The van der Waals surface area contributed by atoms with Gasteiger partial charge in [-0.15, -0.1) is 0 Å². The number of hydrogen-bond donors (Lipinski definition) is 0. The molecule has 0 spiro atoms. The first-order valence-electron chi connectivity index (χ1n) is 14.0. The van der Waals surface area contributed by atoms with Gasteiger partial charge in [-0.3, -0.25) is 9.97 Å². The van der Waals surface area contributed by atoms with E-state index in [2.05, 4.69) is 133 Å². The Kier molecular flexibility index (Phi) is 6.86. The molecule has 0 saturated heterocycles. The summed E-state index contributed by atoms with van der Waals surface area (Å²) in [7, 11) is 0. The number of fused-ring (bicyclic) bond motifs is 4. The zero-order valence-electron chi connectivity index (χ0n) is 22.8. The Morgan fingerprint density at radius 2 is 0.714 bits per heavy atom. The van der Waals surface area contributed by atoms with Crippen molar-refractivity contribution in [3.8, 4) is 22.5 Å². The van der Waals surface area contributed by atoms with Crippen molar-refractivity contribution < 1.29 is 21.1 Å². The largest absolute Gasteiger partial charge is 2.00 e. The Morgan fingerprint density at radius 3 is 1.14 bits per heavy atom. The van der Waals surface area contributed by atoms with Crippen molar-refractivity contribution in [1.82, 2.24) is 9.97 Å². The van der Waals surface area contributed by atoms with E-state index in [9.17, 15) is 0 Å². The van der Waals surface area contributed by atoms with Gasteiger partial charge in [-0.25, -0.2) is 0 Å². The summed E-state index contributed by atoms with van der Waals surface area (Å²) in [6, 6.07) is 47.7. The summed E-state index contributed by atoms with van der Waals surface area (Å²) in [6.07, 6.45) is 4.61. The number of rotatable bonds is 4. The Labute approximate surface area is 259 Å². The molecule has 0 radical (unpaired) electrons. The molecule has 8 aromatic rings. The SMILES string of the molecule is [Pt+2].c1ccc2c(-c3ccc4ccccc4c3Cc3c(-c4nccc5ccccc45)ccc4ccccc34)nccc2c1. The Balaban J connectivity index is 0.00000288. The van der Waals surface area contributed by atoms with Gasteiger partial charge in [-0.05, 0) is 55.6 Å². The van der Waals surface area contributed by atoms with Crippen molar-refractivity contribution in [1.29, 1.82) is 0 Å². The second-order valence-corrected chi connectivity index (χ2v) is 10.6. The molecule has 2 nitrogen and oxygen atoms in total. The monoisotopic (exact) mass is 717 g/mol. The first kappa shape index (κ1) is 26.3. The third-order valence-electron chi connectivity index (χ3n) is 8.29. The van der Waals surface area contributed by atoms with Gasteiger partial charge in [0.1, 0.15) is 0 Å². The van der Waals surface area contributed by atoms with Gasteiger partial charge in [0, 0.05) is 40.7 Å². The van der Waals surface area contributed by atoms with Crippen LogP contribution in [0.15, 0.2) is 146 Å². The molecular weight excluding hydrogens is 692 g/mol. The van der Waals surface area contributed by atoms with Crippen LogP contribution in [0.25, 0.3) is 65.6 Å². The molecule has 0 unspecified atom stereocenters. The van der Waals surface area contributed by atoms with E-state index in [0.29, 0.717) is 0 Å². The van der Waals surface area contributed by atoms with Crippen molar-refractivity contribution in [2.24, 2.45) is 0 Å². The molecular formula is C39H26N2Pt+2. The average Bonchev–Trinajstić information content (AvgIpc) is 3.04. The van der Waals surface area contributed by atoms with Crippen LogP contribution in [0.1, 0.15) is 11.1 Å². The second-order valence-electron chi connectivity index (χ2n) is 10.6. The van der Waals surface area contributed by atoms with Gasteiger partial charge in [0.25, 0.3) is 0 Å². The van der Waals surface area contributed by atoms with Crippen LogP contribution in [0.3, 0.4) is 0 Å². The summed E-state index contributed by atoms with van der Waals surface area (Å²) in [5, 5.41) is 9.70. The molecule has 200 valence electrons. The van der Waals surface area contributed by atoms with Crippen LogP contribution in [0.2, 0.25) is 0 Å². The van der Waals surface area contributed by atoms with E-state index in [-0.39, 0.29) is 21.1 Å². The van der Waals surface area contributed by atoms with Gasteiger partial charge in [0.15, 0.2) is 0 Å². The third kappa shape index (κ3) is 4.40. The second kappa shape index (κ2) is 11.0. The summed E-state index contributed by atoms with van der Waals surface area (Å²) in [6.45, 7) is 0.